The summed E-state index contributed by atoms with van der Waals surface area (Å²) in [5, 5.41) is 11.9. The lowest BCUT2D eigenvalue weighted by Crippen LogP contribution is -2.40. The van der Waals surface area contributed by atoms with Gasteiger partial charge in [0, 0.05) is 36.7 Å². The van der Waals surface area contributed by atoms with E-state index >= 15 is 0 Å². The summed E-state index contributed by atoms with van der Waals surface area (Å²) in [4.78, 5) is 29.1. The molecule has 29 heavy (non-hydrogen) atoms. The molecule has 2 aromatic rings. The number of carbonyl (C=O) groups is 2. The second-order valence-electron chi connectivity index (χ2n) is 8.12. The lowest BCUT2D eigenvalue weighted by Gasteiger charge is -2.20. The van der Waals surface area contributed by atoms with E-state index in [0.717, 1.165) is 23.1 Å². The van der Waals surface area contributed by atoms with Crippen LogP contribution in [0.4, 0.5) is 0 Å². The Labute approximate surface area is 172 Å². The summed E-state index contributed by atoms with van der Waals surface area (Å²) in [7, 11) is 1.58. The summed E-state index contributed by atoms with van der Waals surface area (Å²) >= 11 is 0. The Morgan fingerprint density at radius 2 is 1.86 bits per heavy atom. The molecule has 2 N–H and O–H groups in total. The number of rotatable bonds is 9. The Kier molecular flexibility index (Phi) is 7.91. The molecule has 0 aliphatic heterocycles. The lowest BCUT2D eigenvalue weighted by molar-refractivity contribution is -0.117. The summed E-state index contributed by atoms with van der Waals surface area (Å²) in [6, 6.07) is 9.18. The molecule has 6 nitrogen and oxygen atoms in total. The highest BCUT2D eigenvalue weighted by Gasteiger charge is 2.17. The van der Waals surface area contributed by atoms with Gasteiger partial charge in [-0.25, -0.2) is 0 Å². The average molecular weight is 399 g/mol. The van der Waals surface area contributed by atoms with Crippen LogP contribution in [0.25, 0.3) is 0 Å². The Morgan fingerprint density at radius 3 is 2.52 bits per heavy atom. The molecule has 0 saturated heterocycles. The largest absolute Gasteiger partial charge is 0.496 e. The van der Waals surface area contributed by atoms with Gasteiger partial charge in [0.2, 0.25) is 0 Å². The van der Waals surface area contributed by atoms with Crippen LogP contribution in [0, 0.1) is 0 Å². The maximum absolute atomic E-state index is 12.7. The van der Waals surface area contributed by atoms with E-state index in [2.05, 4.69) is 10.3 Å². The zero-order valence-corrected chi connectivity index (χ0v) is 17.6. The summed E-state index contributed by atoms with van der Waals surface area (Å²) in [5.41, 5.74) is 2.58. The first-order valence-corrected chi connectivity index (χ1v) is 9.77. The Hall–Kier alpha value is -2.73. The zero-order valence-electron chi connectivity index (χ0n) is 17.6. The highest BCUT2D eigenvalue weighted by molar-refractivity contribution is 5.93. The molecule has 1 aromatic heterocycles. The number of pyridine rings is 1. The Balaban J connectivity index is 2.09. The Morgan fingerprint density at radius 1 is 1.10 bits per heavy atom. The van der Waals surface area contributed by atoms with Crippen LogP contribution < -0.4 is 10.1 Å². The van der Waals surface area contributed by atoms with Crippen LogP contribution in [-0.4, -0.2) is 41.0 Å². The number of amides is 1. The van der Waals surface area contributed by atoms with Crippen LogP contribution in [0.5, 0.6) is 5.75 Å². The third-order valence-corrected chi connectivity index (χ3v) is 4.30. The van der Waals surface area contributed by atoms with E-state index in [4.69, 9.17) is 9.84 Å². The molecular formula is C23H30N2O4. The number of aliphatic hydroxyl groups excluding tert-OH is 1. The van der Waals surface area contributed by atoms with E-state index in [1.54, 1.807) is 25.4 Å². The minimum absolute atomic E-state index is 0.0241. The molecule has 0 aliphatic carbocycles. The van der Waals surface area contributed by atoms with E-state index in [1.165, 1.54) is 0 Å². The van der Waals surface area contributed by atoms with Gasteiger partial charge in [0.25, 0.3) is 5.91 Å². The molecule has 0 fully saturated rings. The quantitative estimate of drug-likeness (QED) is 0.678. The van der Waals surface area contributed by atoms with Crippen molar-refractivity contribution in [3.63, 3.8) is 0 Å². The van der Waals surface area contributed by atoms with Gasteiger partial charge in [-0.2, -0.15) is 0 Å². The number of aromatic nitrogens is 1. The topological polar surface area (TPSA) is 88.5 Å². The number of hydrogen-bond acceptors (Lipinski definition) is 5. The van der Waals surface area contributed by atoms with Crippen molar-refractivity contribution in [1.29, 1.82) is 0 Å². The summed E-state index contributed by atoms with van der Waals surface area (Å²) in [6.45, 7) is 5.84. The highest BCUT2D eigenvalue weighted by Crippen LogP contribution is 2.22. The van der Waals surface area contributed by atoms with E-state index in [9.17, 15) is 9.59 Å². The minimum atomic E-state index is -0.359. The first-order valence-electron chi connectivity index (χ1n) is 9.77. The molecule has 0 unspecified atom stereocenters. The zero-order chi connectivity index (χ0) is 21.4. The molecule has 0 radical (unpaired) electrons. The van der Waals surface area contributed by atoms with Crippen molar-refractivity contribution in [3.8, 4) is 5.75 Å². The normalized spacial score (nSPS) is 11.2. The summed E-state index contributed by atoms with van der Waals surface area (Å²) < 4.78 is 5.39. The third kappa shape index (κ3) is 7.31. The molecule has 156 valence electrons. The van der Waals surface area contributed by atoms with Crippen molar-refractivity contribution in [3.05, 3.63) is 58.9 Å². The molecule has 2 rings (SSSR count). The van der Waals surface area contributed by atoms with Crippen molar-refractivity contribution in [2.75, 3.05) is 13.7 Å². The van der Waals surface area contributed by atoms with E-state index in [1.807, 2.05) is 39.0 Å². The predicted octanol–water partition coefficient (Wildman–Crippen LogP) is 2.90. The summed E-state index contributed by atoms with van der Waals surface area (Å²) in [6.07, 6.45) is 3.43. The number of hydrogen-bond donors (Lipinski definition) is 2. The van der Waals surface area contributed by atoms with Crippen molar-refractivity contribution < 1.29 is 19.4 Å². The molecule has 0 bridgehead atoms. The van der Waals surface area contributed by atoms with Crippen molar-refractivity contribution in [1.82, 2.24) is 10.3 Å². The number of ketones is 1. The van der Waals surface area contributed by atoms with Gasteiger partial charge in [-0.1, -0.05) is 12.1 Å². The number of nitrogens with one attached hydrogen (secondary N) is 1. The number of ether oxygens (including phenoxy) is 1. The van der Waals surface area contributed by atoms with Gasteiger partial charge in [-0.05, 0) is 62.9 Å². The number of nitrogens with zero attached hydrogens (tertiary/aromatic N) is 1. The maximum atomic E-state index is 12.7. The molecule has 6 heteroatoms. The van der Waals surface area contributed by atoms with Crippen LogP contribution in [0.15, 0.2) is 36.5 Å². The molecular weight excluding hydrogens is 368 g/mol. The van der Waals surface area contributed by atoms with E-state index < -0.39 is 0 Å². The second kappa shape index (κ2) is 10.2. The standard InChI is InChI=1S/C23H30N2O4/c1-23(2,3)25-22(28)20-14-17(9-10-24-20)13-19(27)15-18-12-16(6-5-11-26)7-8-21(18)29-4/h7-10,12,14,26H,5-6,11,13,15H2,1-4H3,(H,25,28). The highest BCUT2D eigenvalue weighted by atomic mass is 16.5. The lowest BCUT2D eigenvalue weighted by atomic mass is 9.99. The van der Waals surface area contributed by atoms with Gasteiger partial charge in [-0.3, -0.25) is 14.6 Å². The van der Waals surface area contributed by atoms with Gasteiger partial charge >= 0.3 is 0 Å². The van der Waals surface area contributed by atoms with Gasteiger partial charge in [-0.15, -0.1) is 0 Å². The van der Waals surface area contributed by atoms with E-state index in [-0.39, 0.29) is 36.7 Å². The smallest absolute Gasteiger partial charge is 0.270 e. The number of methoxy groups -OCH3 is 1. The van der Waals surface area contributed by atoms with Crippen LogP contribution in [-0.2, 0) is 24.1 Å². The molecule has 1 amide bonds. The first-order chi connectivity index (χ1) is 13.7. The predicted molar refractivity (Wildman–Crippen MR) is 112 cm³/mol. The second-order valence-corrected chi connectivity index (χ2v) is 8.12. The SMILES string of the molecule is COc1ccc(CCCO)cc1CC(=O)Cc1ccnc(C(=O)NC(C)(C)C)c1. The number of benzene rings is 1. The maximum Gasteiger partial charge on any atom is 0.270 e. The van der Waals surface area contributed by atoms with Gasteiger partial charge in [0.05, 0.1) is 7.11 Å². The fourth-order valence-electron chi connectivity index (χ4n) is 3.02. The monoisotopic (exact) mass is 398 g/mol. The van der Waals surface area contributed by atoms with Crippen LogP contribution in [0.1, 0.15) is 54.4 Å². The van der Waals surface area contributed by atoms with Gasteiger partial charge in [0.15, 0.2) is 0 Å². The average Bonchev–Trinajstić information content (AvgIpc) is 2.65. The minimum Gasteiger partial charge on any atom is -0.496 e. The fraction of sp³-hybridized carbons (Fsp3) is 0.435. The molecule has 0 saturated carbocycles. The number of carbonyl (C=O) groups excluding carboxylic acids is 2. The number of Topliss-reactive ketones (excluding diaryl/α,β-unsaturated/α-hetero) is 1. The van der Waals surface area contributed by atoms with Gasteiger partial charge in [0.1, 0.15) is 17.2 Å². The third-order valence-electron chi connectivity index (χ3n) is 4.30. The van der Waals surface area contributed by atoms with Crippen LogP contribution in [0.2, 0.25) is 0 Å². The van der Waals surface area contributed by atoms with Crippen LogP contribution >= 0.6 is 0 Å². The Bertz CT molecular complexity index is 856. The van der Waals surface area contributed by atoms with E-state index in [0.29, 0.717) is 17.9 Å². The van der Waals surface area contributed by atoms with Crippen molar-refractivity contribution in [2.45, 2.75) is 52.0 Å². The number of aliphatic hydroxyl groups is 1. The first kappa shape index (κ1) is 22.6. The molecule has 1 aromatic carbocycles. The number of aryl methyl sites for hydroxylation is 1. The fourth-order valence-corrected chi connectivity index (χ4v) is 3.02. The molecule has 0 atom stereocenters. The molecule has 1 heterocycles. The summed E-state index contributed by atoms with van der Waals surface area (Å²) in [5.74, 6) is 0.437. The van der Waals surface area contributed by atoms with Crippen LogP contribution in [0.3, 0.4) is 0 Å². The van der Waals surface area contributed by atoms with Crippen molar-refractivity contribution in [2.24, 2.45) is 0 Å². The van der Waals surface area contributed by atoms with Gasteiger partial charge < -0.3 is 15.2 Å². The molecule has 0 aliphatic rings. The molecule has 0 spiro atoms. The van der Waals surface area contributed by atoms with Crippen molar-refractivity contribution >= 4 is 11.7 Å².